The second kappa shape index (κ2) is 10.3. The largest absolute Gasteiger partial charge is 0.351 e. The van der Waals surface area contributed by atoms with Crippen molar-refractivity contribution in [2.45, 2.75) is 24.9 Å². The molecular weight excluding hydrogens is 438 g/mol. The van der Waals surface area contributed by atoms with E-state index >= 15 is 0 Å². The van der Waals surface area contributed by atoms with E-state index in [9.17, 15) is 13.2 Å². The molecule has 0 unspecified atom stereocenters. The van der Waals surface area contributed by atoms with E-state index in [2.05, 4.69) is 10.4 Å². The molecule has 1 fully saturated rings. The molecule has 1 aliphatic heterocycles. The number of sulfonamides is 1. The SMILES string of the molecule is Cc1ccc(S(=O)(=O)N2CCN(CC(=O)NCc3ccccc3Cn3cccn3)CC2)cc1. The summed E-state index contributed by atoms with van der Waals surface area (Å²) in [6.45, 7) is 5.06. The van der Waals surface area contributed by atoms with Crippen LogP contribution >= 0.6 is 0 Å². The summed E-state index contributed by atoms with van der Waals surface area (Å²) in [7, 11) is -3.50. The number of carbonyl (C=O) groups is 1. The number of rotatable bonds is 8. The van der Waals surface area contributed by atoms with E-state index in [1.54, 1.807) is 30.5 Å². The van der Waals surface area contributed by atoms with Crippen LogP contribution < -0.4 is 5.32 Å². The Morgan fingerprint density at radius 2 is 1.67 bits per heavy atom. The monoisotopic (exact) mass is 467 g/mol. The molecule has 8 nitrogen and oxygen atoms in total. The van der Waals surface area contributed by atoms with Crippen LogP contribution in [0.5, 0.6) is 0 Å². The fraction of sp³-hybridized carbons (Fsp3) is 0.333. The highest BCUT2D eigenvalue weighted by atomic mass is 32.2. The molecule has 0 aliphatic carbocycles. The van der Waals surface area contributed by atoms with Crippen molar-refractivity contribution >= 4 is 15.9 Å². The van der Waals surface area contributed by atoms with Crippen molar-refractivity contribution in [2.75, 3.05) is 32.7 Å². The van der Waals surface area contributed by atoms with Crippen molar-refractivity contribution in [2.24, 2.45) is 0 Å². The summed E-state index contributed by atoms with van der Waals surface area (Å²) in [4.78, 5) is 14.8. The van der Waals surface area contributed by atoms with E-state index in [1.807, 2.05) is 53.0 Å². The third kappa shape index (κ3) is 5.87. The van der Waals surface area contributed by atoms with Crippen molar-refractivity contribution in [1.82, 2.24) is 24.3 Å². The Morgan fingerprint density at radius 1 is 0.970 bits per heavy atom. The van der Waals surface area contributed by atoms with Crippen molar-refractivity contribution < 1.29 is 13.2 Å². The van der Waals surface area contributed by atoms with Crippen molar-refractivity contribution in [3.63, 3.8) is 0 Å². The molecule has 1 aromatic heterocycles. The van der Waals surface area contributed by atoms with Crippen molar-refractivity contribution in [3.8, 4) is 0 Å². The molecule has 0 saturated carbocycles. The molecule has 3 aromatic rings. The molecule has 33 heavy (non-hydrogen) atoms. The number of aromatic nitrogens is 2. The predicted octanol–water partition coefficient (Wildman–Crippen LogP) is 1.86. The zero-order valence-electron chi connectivity index (χ0n) is 18.7. The first-order valence-electron chi connectivity index (χ1n) is 11.0. The zero-order valence-corrected chi connectivity index (χ0v) is 19.5. The smallest absolute Gasteiger partial charge is 0.243 e. The number of benzene rings is 2. The number of aryl methyl sites for hydroxylation is 1. The van der Waals surface area contributed by atoms with Gasteiger partial charge in [0, 0.05) is 45.1 Å². The van der Waals surface area contributed by atoms with E-state index in [0.29, 0.717) is 44.2 Å². The highest BCUT2D eigenvalue weighted by Gasteiger charge is 2.28. The van der Waals surface area contributed by atoms with Crippen LogP contribution in [0.4, 0.5) is 0 Å². The molecule has 0 radical (unpaired) electrons. The van der Waals surface area contributed by atoms with Gasteiger partial charge in [0.25, 0.3) is 0 Å². The second-order valence-corrected chi connectivity index (χ2v) is 10.2. The summed E-state index contributed by atoms with van der Waals surface area (Å²) in [6, 6.07) is 16.8. The van der Waals surface area contributed by atoms with Gasteiger partial charge in [-0.3, -0.25) is 14.4 Å². The lowest BCUT2D eigenvalue weighted by atomic mass is 10.1. The topological polar surface area (TPSA) is 87.5 Å². The van der Waals surface area contributed by atoms with Gasteiger partial charge < -0.3 is 5.32 Å². The van der Waals surface area contributed by atoms with E-state index < -0.39 is 10.0 Å². The van der Waals surface area contributed by atoms with Crippen LogP contribution in [0.2, 0.25) is 0 Å². The molecule has 9 heteroatoms. The van der Waals surface area contributed by atoms with Crippen molar-refractivity contribution in [3.05, 3.63) is 83.7 Å². The Balaban J connectivity index is 1.27. The Labute approximate surface area is 194 Å². The van der Waals surface area contributed by atoms with Gasteiger partial charge in [0.1, 0.15) is 0 Å². The third-order valence-corrected chi connectivity index (χ3v) is 7.76. The third-order valence-electron chi connectivity index (χ3n) is 5.84. The average molecular weight is 468 g/mol. The first-order valence-corrected chi connectivity index (χ1v) is 12.5. The lowest BCUT2D eigenvalue weighted by molar-refractivity contribution is -0.122. The van der Waals surface area contributed by atoms with Gasteiger partial charge in [0.2, 0.25) is 15.9 Å². The molecular formula is C24H29N5O3S. The molecule has 1 aliphatic rings. The molecule has 0 spiro atoms. The minimum absolute atomic E-state index is 0.0706. The van der Waals surface area contributed by atoms with Gasteiger partial charge >= 0.3 is 0 Å². The minimum Gasteiger partial charge on any atom is -0.351 e. The maximum absolute atomic E-state index is 12.9. The second-order valence-electron chi connectivity index (χ2n) is 8.24. The van der Waals surface area contributed by atoms with Crippen LogP contribution in [-0.2, 0) is 27.9 Å². The summed E-state index contributed by atoms with van der Waals surface area (Å²) in [5, 5.41) is 7.24. The summed E-state index contributed by atoms with van der Waals surface area (Å²) in [5.74, 6) is -0.0706. The van der Waals surface area contributed by atoms with Crippen LogP contribution in [0.3, 0.4) is 0 Å². The maximum atomic E-state index is 12.9. The molecule has 0 atom stereocenters. The minimum atomic E-state index is -3.50. The van der Waals surface area contributed by atoms with E-state index in [0.717, 1.165) is 16.7 Å². The number of carbonyl (C=O) groups excluding carboxylic acids is 1. The highest BCUT2D eigenvalue weighted by Crippen LogP contribution is 2.18. The standard InChI is InChI=1S/C24H29N5O3S/c1-20-7-9-23(10-8-20)33(31,32)29-15-13-27(14-16-29)19-24(30)25-17-21-5-2-3-6-22(21)18-28-12-4-11-26-28/h2-12H,13-19H2,1H3,(H,25,30). The summed E-state index contributed by atoms with van der Waals surface area (Å²) in [5.41, 5.74) is 3.18. The molecule has 0 bridgehead atoms. The molecule has 4 rings (SSSR count). The first-order chi connectivity index (χ1) is 15.9. The molecule has 2 heterocycles. The quantitative estimate of drug-likeness (QED) is 0.547. The Kier molecular flexibility index (Phi) is 7.22. The fourth-order valence-electron chi connectivity index (χ4n) is 3.89. The van der Waals surface area contributed by atoms with E-state index in [-0.39, 0.29) is 12.5 Å². The van der Waals surface area contributed by atoms with Gasteiger partial charge in [0.15, 0.2) is 0 Å². The lowest BCUT2D eigenvalue weighted by Gasteiger charge is -2.33. The van der Waals surface area contributed by atoms with Crippen LogP contribution in [0, 0.1) is 6.92 Å². The van der Waals surface area contributed by atoms with Crippen LogP contribution in [0.25, 0.3) is 0 Å². The summed E-state index contributed by atoms with van der Waals surface area (Å²) >= 11 is 0. The van der Waals surface area contributed by atoms with Gasteiger partial charge in [-0.1, -0.05) is 42.0 Å². The average Bonchev–Trinajstić information content (AvgIpc) is 3.32. The van der Waals surface area contributed by atoms with Gasteiger partial charge in [-0.2, -0.15) is 9.40 Å². The van der Waals surface area contributed by atoms with E-state index in [4.69, 9.17) is 0 Å². The van der Waals surface area contributed by atoms with Crippen molar-refractivity contribution in [1.29, 1.82) is 0 Å². The zero-order chi connectivity index (χ0) is 23.3. The number of nitrogens with zero attached hydrogens (tertiary/aromatic N) is 4. The molecule has 174 valence electrons. The first kappa shape index (κ1) is 23.2. The van der Waals surface area contributed by atoms with E-state index in [1.165, 1.54) is 4.31 Å². The van der Waals surface area contributed by atoms with Gasteiger partial charge in [-0.25, -0.2) is 8.42 Å². The summed E-state index contributed by atoms with van der Waals surface area (Å²) < 4.78 is 29.1. The number of amides is 1. The lowest BCUT2D eigenvalue weighted by Crippen LogP contribution is -2.51. The van der Waals surface area contributed by atoms with Crippen LogP contribution in [-0.4, -0.2) is 66.0 Å². The Morgan fingerprint density at radius 3 is 2.33 bits per heavy atom. The number of hydrogen-bond donors (Lipinski definition) is 1. The highest BCUT2D eigenvalue weighted by molar-refractivity contribution is 7.89. The summed E-state index contributed by atoms with van der Waals surface area (Å²) in [6.07, 6.45) is 3.66. The fourth-order valence-corrected chi connectivity index (χ4v) is 5.31. The number of hydrogen-bond acceptors (Lipinski definition) is 5. The Hall–Kier alpha value is -3.01. The van der Waals surface area contributed by atoms with Gasteiger partial charge in [-0.15, -0.1) is 0 Å². The molecule has 1 amide bonds. The van der Waals surface area contributed by atoms with Gasteiger partial charge in [-0.05, 0) is 36.2 Å². The number of nitrogens with one attached hydrogen (secondary N) is 1. The van der Waals surface area contributed by atoms with Crippen LogP contribution in [0.15, 0.2) is 71.9 Å². The number of piperazine rings is 1. The normalized spacial score (nSPS) is 15.4. The van der Waals surface area contributed by atoms with Crippen LogP contribution in [0.1, 0.15) is 16.7 Å². The predicted molar refractivity (Wildman–Crippen MR) is 126 cm³/mol. The molecule has 1 saturated heterocycles. The Bertz CT molecular complexity index is 1170. The molecule has 1 N–H and O–H groups in total. The maximum Gasteiger partial charge on any atom is 0.243 e. The van der Waals surface area contributed by atoms with Gasteiger partial charge in [0.05, 0.1) is 18.0 Å². The molecule has 2 aromatic carbocycles.